The van der Waals surface area contributed by atoms with Gasteiger partial charge in [0.15, 0.2) is 0 Å². The highest BCUT2D eigenvalue weighted by Crippen LogP contribution is 2.18. The molecule has 0 fully saturated rings. The Balaban J connectivity index is 2.23. The number of hydrogen-bond acceptors (Lipinski definition) is 3. The van der Waals surface area contributed by atoms with E-state index in [-0.39, 0.29) is 0 Å². The monoisotopic (exact) mass is 210 g/mol. The Hall–Kier alpha value is -2.36. The molecular weight excluding hydrogens is 200 g/mol. The minimum atomic E-state index is 0.489. The molecule has 3 aromatic rings. The van der Waals surface area contributed by atoms with E-state index in [9.17, 15) is 0 Å². The molecule has 4 nitrogen and oxygen atoms in total. The molecule has 0 aliphatic carbocycles. The van der Waals surface area contributed by atoms with Crippen LogP contribution in [0.2, 0.25) is 0 Å². The third-order valence-electron chi connectivity index (χ3n) is 2.53. The van der Waals surface area contributed by atoms with Crippen LogP contribution in [0.25, 0.3) is 16.6 Å². The summed E-state index contributed by atoms with van der Waals surface area (Å²) in [4.78, 5) is 8.27. The Kier molecular flexibility index (Phi) is 1.86. The van der Waals surface area contributed by atoms with Gasteiger partial charge in [0.25, 0.3) is 0 Å². The summed E-state index contributed by atoms with van der Waals surface area (Å²) in [6, 6.07) is 9.94. The van der Waals surface area contributed by atoms with Gasteiger partial charge in [-0.25, -0.2) is 4.98 Å². The fourth-order valence-electron chi connectivity index (χ4n) is 1.75. The predicted octanol–water partition coefficient (Wildman–Crippen LogP) is 2.00. The van der Waals surface area contributed by atoms with Gasteiger partial charge in [-0.2, -0.15) is 0 Å². The molecule has 1 aromatic carbocycles. The highest BCUT2D eigenvalue weighted by molar-refractivity contribution is 5.80. The minimum absolute atomic E-state index is 0.489. The summed E-state index contributed by atoms with van der Waals surface area (Å²) in [7, 11) is 0. The number of nitrogen functional groups attached to an aromatic ring is 1. The zero-order chi connectivity index (χ0) is 11.0. The van der Waals surface area contributed by atoms with Crippen molar-refractivity contribution in [2.75, 3.05) is 5.73 Å². The van der Waals surface area contributed by atoms with Gasteiger partial charge < -0.3 is 5.73 Å². The molecule has 0 aliphatic heterocycles. The summed E-state index contributed by atoms with van der Waals surface area (Å²) in [6.07, 6.45) is 5.31. The Bertz CT molecular complexity index is 642. The van der Waals surface area contributed by atoms with Crippen molar-refractivity contribution >= 4 is 16.9 Å². The maximum Gasteiger partial charge on any atom is 0.204 e. The molecule has 4 heteroatoms. The first-order chi connectivity index (χ1) is 7.84. The average molecular weight is 210 g/mol. The molecule has 0 saturated heterocycles. The van der Waals surface area contributed by atoms with Crippen LogP contribution in [-0.2, 0) is 0 Å². The number of anilines is 1. The molecule has 78 valence electrons. The standard InChI is InChI=1S/C12H10N4/c13-12-15-6-7-16(12)10-3-4-11-9(8-10)2-1-5-14-11/h1-8H,(H2,13,15). The molecule has 3 rings (SSSR count). The van der Waals surface area contributed by atoms with Crippen LogP contribution in [-0.4, -0.2) is 14.5 Å². The Morgan fingerprint density at radius 3 is 2.81 bits per heavy atom. The van der Waals surface area contributed by atoms with Crippen LogP contribution in [0.5, 0.6) is 0 Å². The van der Waals surface area contributed by atoms with E-state index in [1.54, 1.807) is 12.4 Å². The number of nitrogens with two attached hydrogens (primary N) is 1. The van der Waals surface area contributed by atoms with Gasteiger partial charge in [0.2, 0.25) is 5.95 Å². The molecule has 16 heavy (non-hydrogen) atoms. The van der Waals surface area contributed by atoms with E-state index >= 15 is 0 Å². The Morgan fingerprint density at radius 1 is 1.06 bits per heavy atom. The summed E-state index contributed by atoms with van der Waals surface area (Å²) in [5, 5.41) is 1.09. The number of nitrogens with zero attached hydrogens (tertiary/aromatic N) is 3. The quantitative estimate of drug-likeness (QED) is 0.668. The average Bonchev–Trinajstić information content (AvgIpc) is 2.75. The summed E-state index contributed by atoms with van der Waals surface area (Å²) >= 11 is 0. The number of rotatable bonds is 1. The van der Waals surface area contributed by atoms with Crippen LogP contribution in [0.4, 0.5) is 5.95 Å². The Labute approximate surface area is 92.4 Å². The SMILES string of the molecule is Nc1nccn1-c1ccc2ncccc2c1. The van der Waals surface area contributed by atoms with Crippen molar-refractivity contribution in [2.24, 2.45) is 0 Å². The van der Waals surface area contributed by atoms with Crippen molar-refractivity contribution in [3.05, 3.63) is 48.9 Å². The van der Waals surface area contributed by atoms with E-state index in [4.69, 9.17) is 5.73 Å². The first kappa shape index (κ1) is 8.91. The van der Waals surface area contributed by atoms with E-state index in [1.165, 1.54) is 0 Å². The number of fused-ring (bicyclic) bond motifs is 1. The predicted molar refractivity (Wildman–Crippen MR) is 63.3 cm³/mol. The molecule has 2 aromatic heterocycles. The summed E-state index contributed by atoms with van der Waals surface area (Å²) in [5.41, 5.74) is 7.73. The van der Waals surface area contributed by atoms with Crippen molar-refractivity contribution < 1.29 is 0 Å². The number of benzene rings is 1. The number of hydrogen-bond donors (Lipinski definition) is 1. The lowest BCUT2D eigenvalue weighted by atomic mass is 10.2. The van der Waals surface area contributed by atoms with Crippen molar-refractivity contribution in [1.29, 1.82) is 0 Å². The zero-order valence-electron chi connectivity index (χ0n) is 8.54. The topological polar surface area (TPSA) is 56.7 Å². The van der Waals surface area contributed by atoms with Gasteiger partial charge in [0.05, 0.1) is 5.52 Å². The molecule has 0 saturated carbocycles. The minimum Gasteiger partial charge on any atom is -0.369 e. The second-order valence-electron chi connectivity index (χ2n) is 3.54. The van der Waals surface area contributed by atoms with Crippen LogP contribution >= 0.6 is 0 Å². The van der Waals surface area contributed by atoms with Crippen LogP contribution in [0.15, 0.2) is 48.9 Å². The molecule has 2 N–H and O–H groups in total. The maximum absolute atomic E-state index is 5.75. The van der Waals surface area contributed by atoms with E-state index in [0.29, 0.717) is 5.95 Å². The number of imidazole rings is 1. The zero-order valence-corrected chi connectivity index (χ0v) is 8.54. The van der Waals surface area contributed by atoms with Crippen LogP contribution < -0.4 is 5.73 Å². The van der Waals surface area contributed by atoms with Gasteiger partial charge in [-0.1, -0.05) is 6.07 Å². The summed E-state index contributed by atoms with van der Waals surface area (Å²) in [5.74, 6) is 0.489. The molecule has 0 atom stereocenters. The smallest absolute Gasteiger partial charge is 0.204 e. The van der Waals surface area contributed by atoms with Gasteiger partial charge in [-0.15, -0.1) is 0 Å². The lowest BCUT2D eigenvalue weighted by molar-refractivity contribution is 1.08. The normalized spacial score (nSPS) is 10.8. The van der Waals surface area contributed by atoms with Gasteiger partial charge in [0.1, 0.15) is 0 Å². The molecule has 0 radical (unpaired) electrons. The highest BCUT2D eigenvalue weighted by Gasteiger charge is 2.02. The van der Waals surface area contributed by atoms with E-state index in [2.05, 4.69) is 9.97 Å². The fraction of sp³-hybridized carbons (Fsp3) is 0. The lowest BCUT2D eigenvalue weighted by Crippen LogP contribution is -1.99. The second-order valence-corrected chi connectivity index (χ2v) is 3.54. The van der Waals surface area contributed by atoms with Crippen LogP contribution in [0.3, 0.4) is 0 Å². The largest absolute Gasteiger partial charge is 0.369 e. The molecule has 0 aliphatic rings. The third-order valence-corrected chi connectivity index (χ3v) is 2.53. The number of aromatic nitrogens is 3. The van der Waals surface area contributed by atoms with Gasteiger partial charge in [-0.3, -0.25) is 9.55 Å². The highest BCUT2D eigenvalue weighted by atomic mass is 15.1. The van der Waals surface area contributed by atoms with E-state index < -0.39 is 0 Å². The molecule has 2 heterocycles. The van der Waals surface area contributed by atoms with Gasteiger partial charge in [0, 0.05) is 29.7 Å². The molecule has 0 bridgehead atoms. The first-order valence-electron chi connectivity index (χ1n) is 4.98. The lowest BCUT2D eigenvalue weighted by Gasteiger charge is -2.05. The molecular formula is C12H10N4. The summed E-state index contributed by atoms with van der Waals surface area (Å²) in [6.45, 7) is 0. The molecule has 0 amide bonds. The van der Waals surface area contributed by atoms with E-state index in [1.807, 2.05) is 41.1 Å². The molecule has 0 unspecified atom stereocenters. The van der Waals surface area contributed by atoms with Crippen molar-refractivity contribution in [2.45, 2.75) is 0 Å². The maximum atomic E-state index is 5.75. The summed E-state index contributed by atoms with van der Waals surface area (Å²) < 4.78 is 1.84. The van der Waals surface area contributed by atoms with Gasteiger partial charge >= 0.3 is 0 Å². The molecule has 0 spiro atoms. The van der Waals surface area contributed by atoms with Crippen molar-refractivity contribution in [3.8, 4) is 5.69 Å². The second kappa shape index (κ2) is 3.34. The Morgan fingerprint density at radius 2 is 2.00 bits per heavy atom. The van der Waals surface area contributed by atoms with Gasteiger partial charge in [-0.05, 0) is 24.3 Å². The fourth-order valence-corrected chi connectivity index (χ4v) is 1.75. The van der Waals surface area contributed by atoms with Crippen LogP contribution in [0, 0.1) is 0 Å². The third kappa shape index (κ3) is 1.32. The first-order valence-corrected chi connectivity index (χ1v) is 4.98. The van der Waals surface area contributed by atoms with Crippen molar-refractivity contribution in [3.63, 3.8) is 0 Å². The van der Waals surface area contributed by atoms with E-state index in [0.717, 1.165) is 16.6 Å². The number of pyridine rings is 1. The van der Waals surface area contributed by atoms with Crippen molar-refractivity contribution in [1.82, 2.24) is 14.5 Å². The van der Waals surface area contributed by atoms with Crippen LogP contribution in [0.1, 0.15) is 0 Å².